The summed E-state index contributed by atoms with van der Waals surface area (Å²) in [7, 11) is -3.86. The number of fused-ring (bicyclic) bond motifs is 4. The van der Waals surface area contributed by atoms with Gasteiger partial charge in [-0.05, 0) is 98.7 Å². The summed E-state index contributed by atoms with van der Waals surface area (Å²) >= 11 is 6.32. The van der Waals surface area contributed by atoms with Crippen molar-refractivity contribution in [1.82, 2.24) is 4.72 Å². The van der Waals surface area contributed by atoms with Crippen LogP contribution in [-0.4, -0.2) is 50.5 Å². The predicted molar refractivity (Wildman–Crippen MR) is 152 cm³/mol. The summed E-state index contributed by atoms with van der Waals surface area (Å²) < 4.78 is 34.5. The highest BCUT2D eigenvalue weighted by atomic mass is 35.5. The summed E-state index contributed by atoms with van der Waals surface area (Å²) in [5, 5.41) is 11.0. The molecular weight excluding hydrogens is 536 g/mol. The van der Waals surface area contributed by atoms with E-state index in [1.807, 2.05) is 24.3 Å². The summed E-state index contributed by atoms with van der Waals surface area (Å²) in [6.07, 6.45) is 7.81. The first-order valence-electron chi connectivity index (χ1n) is 13.9. The predicted octanol–water partition coefficient (Wildman–Crippen LogP) is 4.61. The average molecular weight is 571 g/mol. The van der Waals surface area contributed by atoms with E-state index in [-0.39, 0.29) is 16.9 Å². The number of sulfonamides is 1. The maximum absolute atomic E-state index is 13.1. The van der Waals surface area contributed by atoms with Gasteiger partial charge in [0.1, 0.15) is 5.75 Å². The second-order valence-corrected chi connectivity index (χ2v) is 14.3. The first-order chi connectivity index (χ1) is 18.6. The summed E-state index contributed by atoms with van der Waals surface area (Å²) in [6, 6.07) is 11.3. The number of ether oxygens (including phenoxy) is 1. The van der Waals surface area contributed by atoms with Crippen LogP contribution in [0.15, 0.2) is 48.6 Å². The second-order valence-electron chi connectivity index (χ2n) is 11.7. The van der Waals surface area contributed by atoms with Gasteiger partial charge >= 0.3 is 0 Å². The van der Waals surface area contributed by atoms with Crippen molar-refractivity contribution in [3.05, 3.63) is 70.3 Å². The van der Waals surface area contributed by atoms with Crippen LogP contribution in [0.2, 0.25) is 5.02 Å². The van der Waals surface area contributed by atoms with Crippen LogP contribution >= 0.6 is 11.6 Å². The third kappa shape index (κ3) is 4.96. The Morgan fingerprint density at radius 1 is 1.15 bits per heavy atom. The highest BCUT2D eigenvalue weighted by molar-refractivity contribution is 7.90. The van der Waals surface area contributed by atoms with Gasteiger partial charge < -0.3 is 14.7 Å². The molecule has 0 aromatic heterocycles. The quantitative estimate of drug-likeness (QED) is 0.449. The summed E-state index contributed by atoms with van der Waals surface area (Å²) in [6.45, 7) is 3.52. The Labute approximate surface area is 235 Å². The molecule has 1 saturated carbocycles. The van der Waals surface area contributed by atoms with Crippen LogP contribution in [0.25, 0.3) is 0 Å². The van der Waals surface area contributed by atoms with Gasteiger partial charge in [0.15, 0.2) is 0 Å². The van der Waals surface area contributed by atoms with Gasteiger partial charge in [-0.1, -0.05) is 29.8 Å². The Hall–Kier alpha value is -2.55. The van der Waals surface area contributed by atoms with E-state index in [0.29, 0.717) is 37.7 Å². The number of aliphatic hydroxyl groups excluding tert-OH is 1. The molecule has 3 unspecified atom stereocenters. The maximum atomic E-state index is 13.1. The molecule has 7 nitrogen and oxygen atoms in total. The minimum atomic E-state index is -3.86. The number of allylic oxidation sites excluding steroid dienone is 1. The minimum absolute atomic E-state index is 0.139. The molecule has 1 amide bonds. The molecule has 9 heteroatoms. The topological polar surface area (TPSA) is 95.9 Å². The lowest BCUT2D eigenvalue weighted by molar-refractivity contribution is 0.0457. The van der Waals surface area contributed by atoms with Crippen LogP contribution in [0.4, 0.5) is 5.69 Å². The summed E-state index contributed by atoms with van der Waals surface area (Å²) in [5.74, 6) is 0.479. The zero-order valence-corrected chi connectivity index (χ0v) is 23.7. The number of aryl methyl sites for hydroxylation is 1. The van der Waals surface area contributed by atoms with Gasteiger partial charge in [-0.2, -0.15) is 0 Å². The van der Waals surface area contributed by atoms with E-state index < -0.39 is 27.3 Å². The normalized spacial score (nSPS) is 32.7. The van der Waals surface area contributed by atoms with Gasteiger partial charge in [0.2, 0.25) is 10.0 Å². The lowest BCUT2D eigenvalue weighted by Gasteiger charge is -2.43. The van der Waals surface area contributed by atoms with Gasteiger partial charge in [0, 0.05) is 29.1 Å². The SMILES string of the molecule is CC1CC/C=C/C(O)[C@@H]2CC[C@H]2CN2CC3(CCc4cc(Cl)ccc43)COc3ccc(cc32)C(=O)NS1(=O)=O. The van der Waals surface area contributed by atoms with Crippen molar-refractivity contribution < 1.29 is 23.1 Å². The summed E-state index contributed by atoms with van der Waals surface area (Å²) in [5.41, 5.74) is 3.32. The fourth-order valence-corrected chi connectivity index (χ4v) is 7.94. The highest BCUT2D eigenvalue weighted by Gasteiger charge is 2.45. The molecule has 2 aromatic rings. The van der Waals surface area contributed by atoms with Crippen molar-refractivity contribution in [3.63, 3.8) is 0 Å². The van der Waals surface area contributed by atoms with Gasteiger partial charge in [-0.15, -0.1) is 0 Å². The lowest BCUT2D eigenvalue weighted by atomic mass is 9.70. The number of nitrogens with one attached hydrogen (secondary N) is 1. The third-order valence-electron chi connectivity index (χ3n) is 9.28. The van der Waals surface area contributed by atoms with Crippen molar-refractivity contribution in [3.8, 4) is 5.75 Å². The molecule has 0 radical (unpaired) electrons. The number of rotatable bonds is 0. The first kappa shape index (κ1) is 26.7. The molecule has 2 aliphatic carbocycles. The van der Waals surface area contributed by atoms with E-state index >= 15 is 0 Å². The van der Waals surface area contributed by atoms with E-state index in [0.717, 1.165) is 42.9 Å². The zero-order valence-electron chi connectivity index (χ0n) is 22.1. The van der Waals surface area contributed by atoms with Gasteiger partial charge in [-0.3, -0.25) is 4.79 Å². The molecule has 2 bridgehead atoms. The molecule has 2 aliphatic heterocycles. The number of carbonyl (C=O) groups excluding carboxylic acids is 1. The maximum Gasteiger partial charge on any atom is 0.264 e. The van der Waals surface area contributed by atoms with Crippen molar-refractivity contribution in [2.45, 2.75) is 62.2 Å². The number of hydrogen-bond donors (Lipinski definition) is 2. The number of hydrogen-bond acceptors (Lipinski definition) is 6. The largest absolute Gasteiger partial charge is 0.490 e. The van der Waals surface area contributed by atoms with E-state index in [1.165, 1.54) is 11.1 Å². The number of nitrogens with zero attached hydrogens (tertiary/aromatic N) is 1. The molecule has 208 valence electrons. The number of aliphatic hydroxyl groups is 1. The van der Waals surface area contributed by atoms with E-state index in [1.54, 1.807) is 25.1 Å². The van der Waals surface area contributed by atoms with Crippen LogP contribution in [0, 0.1) is 11.8 Å². The van der Waals surface area contributed by atoms with Crippen molar-refractivity contribution in [2.75, 3.05) is 24.6 Å². The van der Waals surface area contributed by atoms with Crippen LogP contribution < -0.4 is 14.4 Å². The zero-order chi connectivity index (χ0) is 27.4. The third-order valence-corrected chi connectivity index (χ3v) is 11.3. The number of halogens is 1. The highest BCUT2D eigenvalue weighted by Crippen LogP contribution is 2.47. The van der Waals surface area contributed by atoms with Crippen LogP contribution in [-0.2, 0) is 21.9 Å². The molecule has 5 atom stereocenters. The number of carbonyl (C=O) groups is 1. The number of benzene rings is 2. The molecular formula is C30H35ClN2O5S. The van der Waals surface area contributed by atoms with E-state index in [9.17, 15) is 18.3 Å². The van der Waals surface area contributed by atoms with Crippen LogP contribution in [0.3, 0.4) is 0 Å². The summed E-state index contributed by atoms with van der Waals surface area (Å²) in [4.78, 5) is 15.5. The Bertz CT molecular complexity index is 1430. The van der Waals surface area contributed by atoms with Crippen molar-refractivity contribution >= 4 is 33.2 Å². The van der Waals surface area contributed by atoms with Gasteiger partial charge in [0.05, 0.1) is 23.6 Å². The molecule has 2 heterocycles. The monoisotopic (exact) mass is 570 g/mol. The first-order valence-corrected chi connectivity index (χ1v) is 15.8. The molecule has 39 heavy (non-hydrogen) atoms. The van der Waals surface area contributed by atoms with Gasteiger partial charge in [-0.25, -0.2) is 13.1 Å². The fraction of sp³-hybridized carbons (Fsp3) is 0.500. The van der Waals surface area contributed by atoms with Crippen molar-refractivity contribution in [2.24, 2.45) is 11.8 Å². The molecule has 2 N–H and O–H groups in total. The Morgan fingerprint density at radius 3 is 2.79 bits per heavy atom. The minimum Gasteiger partial charge on any atom is -0.490 e. The lowest BCUT2D eigenvalue weighted by Crippen LogP contribution is -2.47. The Balaban J connectivity index is 1.41. The molecule has 1 fully saturated rings. The van der Waals surface area contributed by atoms with Crippen molar-refractivity contribution in [1.29, 1.82) is 0 Å². The van der Waals surface area contributed by atoms with E-state index in [4.69, 9.17) is 16.3 Å². The molecule has 0 saturated heterocycles. The molecule has 6 rings (SSSR count). The van der Waals surface area contributed by atoms with Crippen LogP contribution in [0.1, 0.15) is 60.5 Å². The average Bonchev–Trinajstić information content (AvgIpc) is 3.14. The Kier molecular flexibility index (Phi) is 6.92. The fourth-order valence-electron chi connectivity index (χ4n) is 6.72. The van der Waals surface area contributed by atoms with Gasteiger partial charge in [0.25, 0.3) is 5.91 Å². The smallest absolute Gasteiger partial charge is 0.264 e. The molecule has 1 spiro atoms. The van der Waals surface area contributed by atoms with Crippen LogP contribution in [0.5, 0.6) is 5.75 Å². The second kappa shape index (κ2) is 10.1. The standard InChI is InChI=1S/C30H35ClN2O5S/c1-19-4-2-3-5-27(34)24-9-6-22(24)16-33-17-30(13-12-20-14-23(31)8-10-25(20)30)18-38-28-11-7-21(15-26(28)33)29(35)32-39(19,36)37/h3,5,7-8,10-11,14-15,19,22,24,27,34H,2,4,6,9,12-13,16-18H2,1H3,(H,32,35)/b5-3+/t19?,22-,24+,27?,30?/m0/s1. The number of anilines is 1. The Morgan fingerprint density at radius 2 is 2.00 bits per heavy atom. The molecule has 4 aliphatic rings. The van der Waals surface area contributed by atoms with E-state index in [2.05, 4.69) is 15.7 Å². The molecule has 2 aromatic carbocycles. The number of amides is 1.